The Kier molecular flexibility index (Phi) is 6.40. The molecule has 2 aromatic rings. The molecule has 24 heavy (non-hydrogen) atoms. The van der Waals surface area contributed by atoms with Crippen molar-refractivity contribution in [2.75, 3.05) is 20.1 Å². The lowest BCUT2D eigenvalue weighted by Gasteiger charge is -2.32. The molecular formula is C18H25ClN4O. The summed E-state index contributed by atoms with van der Waals surface area (Å²) in [6.45, 7) is 4.28. The Bertz CT molecular complexity index is 671. The van der Waals surface area contributed by atoms with Crippen molar-refractivity contribution in [3.05, 3.63) is 53.3 Å². The summed E-state index contributed by atoms with van der Waals surface area (Å²) >= 11 is 0. The van der Waals surface area contributed by atoms with Crippen LogP contribution in [0, 0.1) is 6.92 Å². The predicted molar refractivity (Wildman–Crippen MR) is 97.7 cm³/mol. The highest BCUT2D eigenvalue weighted by Crippen LogP contribution is 2.17. The molecule has 5 nitrogen and oxygen atoms in total. The quantitative estimate of drug-likeness (QED) is 0.923. The maximum absolute atomic E-state index is 12.8. The van der Waals surface area contributed by atoms with E-state index in [4.69, 9.17) is 0 Å². The van der Waals surface area contributed by atoms with E-state index in [-0.39, 0.29) is 18.3 Å². The second kappa shape index (κ2) is 8.31. The highest BCUT2D eigenvalue weighted by atomic mass is 35.5. The van der Waals surface area contributed by atoms with Gasteiger partial charge in [0, 0.05) is 24.8 Å². The van der Waals surface area contributed by atoms with Crippen molar-refractivity contribution in [1.82, 2.24) is 20.0 Å². The van der Waals surface area contributed by atoms with Crippen LogP contribution in [0.3, 0.4) is 0 Å². The van der Waals surface area contributed by atoms with E-state index in [1.807, 2.05) is 41.8 Å². The molecule has 0 spiro atoms. The maximum atomic E-state index is 12.8. The summed E-state index contributed by atoms with van der Waals surface area (Å²) < 4.78 is 1.90. The first-order chi connectivity index (χ1) is 11.2. The van der Waals surface area contributed by atoms with Crippen molar-refractivity contribution >= 4 is 18.3 Å². The Morgan fingerprint density at radius 2 is 2.08 bits per heavy atom. The van der Waals surface area contributed by atoms with Crippen LogP contribution < -0.4 is 5.32 Å². The van der Waals surface area contributed by atoms with Crippen LogP contribution in [-0.4, -0.2) is 46.8 Å². The van der Waals surface area contributed by atoms with Gasteiger partial charge in [-0.25, -0.2) is 0 Å². The molecular weight excluding hydrogens is 324 g/mol. The molecule has 1 fully saturated rings. The third kappa shape index (κ3) is 3.97. The molecule has 1 aliphatic rings. The molecule has 1 unspecified atom stereocenters. The zero-order valence-corrected chi connectivity index (χ0v) is 15.1. The minimum Gasteiger partial charge on any atom is -0.337 e. The highest BCUT2D eigenvalue weighted by molar-refractivity contribution is 5.95. The molecule has 0 saturated carbocycles. The van der Waals surface area contributed by atoms with E-state index < -0.39 is 0 Å². The van der Waals surface area contributed by atoms with Crippen LogP contribution in [0.15, 0.2) is 36.5 Å². The Balaban J connectivity index is 0.00000208. The molecule has 1 N–H and O–H groups in total. The molecule has 0 radical (unpaired) electrons. The second-order valence-corrected chi connectivity index (χ2v) is 6.17. The van der Waals surface area contributed by atoms with Crippen molar-refractivity contribution in [1.29, 1.82) is 0 Å². The van der Waals surface area contributed by atoms with E-state index in [0.717, 1.165) is 37.2 Å². The molecule has 1 aliphatic heterocycles. The number of aromatic nitrogens is 2. The van der Waals surface area contributed by atoms with E-state index >= 15 is 0 Å². The van der Waals surface area contributed by atoms with Gasteiger partial charge in [0.1, 0.15) is 0 Å². The maximum Gasteiger partial charge on any atom is 0.257 e. The Morgan fingerprint density at radius 3 is 2.79 bits per heavy atom. The normalized spacial score (nSPS) is 17.4. The number of likely N-dealkylation sites (N-methyl/N-ethyl adjacent to an activating group) is 1. The van der Waals surface area contributed by atoms with Gasteiger partial charge in [0.2, 0.25) is 0 Å². The number of nitrogens with zero attached hydrogens (tertiary/aromatic N) is 3. The van der Waals surface area contributed by atoms with Crippen molar-refractivity contribution in [2.45, 2.75) is 32.4 Å². The lowest BCUT2D eigenvalue weighted by Crippen LogP contribution is -2.47. The second-order valence-electron chi connectivity index (χ2n) is 6.17. The summed E-state index contributed by atoms with van der Waals surface area (Å²) in [6, 6.07) is 10.6. The number of rotatable bonds is 4. The van der Waals surface area contributed by atoms with Crippen LogP contribution in [-0.2, 0) is 6.54 Å². The fourth-order valence-corrected chi connectivity index (χ4v) is 3.14. The molecule has 2 heterocycles. The van der Waals surface area contributed by atoms with E-state index in [2.05, 4.69) is 22.5 Å². The molecule has 1 aromatic heterocycles. The van der Waals surface area contributed by atoms with E-state index in [1.54, 1.807) is 6.20 Å². The van der Waals surface area contributed by atoms with Gasteiger partial charge in [0.25, 0.3) is 5.91 Å². The molecule has 3 rings (SSSR count). The number of piperidine rings is 1. The van der Waals surface area contributed by atoms with Gasteiger partial charge in [-0.2, -0.15) is 5.10 Å². The van der Waals surface area contributed by atoms with E-state index in [0.29, 0.717) is 12.6 Å². The van der Waals surface area contributed by atoms with Gasteiger partial charge < -0.3 is 10.2 Å². The third-order valence-corrected chi connectivity index (χ3v) is 4.63. The summed E-state index contributed by atoms with van der Waals surface area (Å²) in [5.41, 5.74) is 2.84. The average Bonchev–Trinajstić information content (AvgIpc) is 2.96. The van der Waals surface area contributed by atoms with Crippen molar-refractivity contribution in [2.24, 2.45) is 0 Å². The SMILES string of the molecule is CNC1CCCN(C(=O)c2cnn(Cc3ccccc3)c2C)C1.Cl. The Labute approximate surface area is 149 Å². The van der Waals surface area contributed by atoms with Crippen molar-refractivity contribution < 1.29 is 4.79 Å². The minimum atomic E-state index is 0. The van der Waals surface area contributed by atoms with Gasteiger partial charge in [0.15, 0.2) is 0 Å². The molecule has 1 aromatic carbocycles. The van der Waals surface area contributed by atoms with Crippen molar-refractivity contribution in [3.8, 4) is 0 Å². The molecule has 130 valence electrons. The van der Waals surface area contributed by atoms with Crippen LogP contribution in [0.1, 0.15) is 34.5 Å². The number of hydrogen-bond acceptors (Lipinski definition) is 3. The summed E-state index contributed by atoms with van der Waals surface area (Å²) in [5, 5.41) is 7.70. The van der Waals surface area contributed by atoms with Gasteiger partial charge in [-0.05, 0) is 32.4 Å². The number of hydrogen-bond donors (Lipinski definition) is 1. The fourth-order valence-electron chi connectivity index (χ4n) is 3.14. The molecule has 1 amide bonds. The molecule has 0 bridgehead atoms. The van der Waals surface area contributed by atoms with Crippen LogP contribution in [0.5, 0.6) is 0 Å². The molecule has 1 saturated heterocycles. The molecule has 6 heteroatoms. The summed E-state index contributed by atoms with van der Waals surface area (Å²) in [6.07, 6.45) is 3.89. The average molecular weight is 349 g/mol. The number of halogens is 1. The van der Waals surface area contributed by atoms with Gasteiger partial charge in [-0.1, -0.05) is 30.3 Å². The Morgan fingerprint density at radius 1 is 1.33 bits per heavy atom. The number of carbonyl (C=O) groups is 1. The van der Waals surface area contributed by atoms with E-state index in [1.165, 1.54) is 5.56 Å². The molecule has 1 atom stereocenters. The lowest BCUT2D eigenvalue weighted by atomic mass is 10.0. The lowest BCUT2D eigenvalue weighted by molar-refractivity contribution is 0.0697. The van der Waals surface area contributed by atoms with Crippen LogP contribution in [0.4, 0.5) is 0 Å². The first-order valence-electron chi connectivity index (χ1n) is 8.22. The van der Waals surface area contributed by atoms with Crippen molar-refractivity contribution in [3.63, 3.8) is 0 Å². The van der Waals surface area contributed by atoms with Crippen LogP contribution in [0.2, 0.25) is 0 Å². The topological polar surface area (TPSA) is 50.2 Å². The first-order valence-corrected chi connectivity index (χ1v) is 8.22. The zero-order valence-electron chi connectivity index (χ0n) is 14.2. The number of nitrogens with one attached hydrogen (secondary N) is 1. The van der Waals surface area contributed by atoms with Gasteiger partial charge in [-0.15, -0.1) is 12.4 Å². The monoisotopic (exact) mass is 348 g/mol. The van der Waals surface area contributed by atoms with Gasteiger partial charge in [-0.3, -0.25) is 9.48 Å². The predicted octanol–water partition coefficient (Wildman–Crippen LogP) is 2.49. The Hall–Kier alpha value is -1.85. The number of benzene rings is 1. The number of likely N-dealkylation sites (tertiary alicyclic amines) is 1. The first kappa shape index (κ1) is 18.5. The van der Waals surface area contributed by atoms with Gasteiger partial charge in [0.05, 0.1) is 18.3 Å². The van der Waals surface area contributed by atoms with Crippen LogP contribution in [0.25, 0.3) is 0 Å². The molecule has 0 aliphatic carbocycles. The summed E-state index contributed by atoms with van der Waals surface area (Å²) in [7, 11) is 1.96. The number of carbonyl (C=O) groups excluding carboxylic acids is 1. The van der Waals surface area contributed by atoms with E-state index in [9.17, 15) is 4.79 Å². The highest BCUT2D eigenvalue weighted by Gasteiger charge is 2.25. The zero-order chi connectivity index (χ0) is 16.2. The minimum absolute atomic E-state index is 0. The largest absolute Gasteiger partial charge is 0.337 e. The number of amides is 1. The summed E-state index contributed by atoms with van der Waals surface area (Å²) in [4.78, 5) is 14.7. The standard InChI is InChI=1S/C18H24N4O.ClH/c1-14-17(18(23)21-10-6-9-16(13-21)19-2)11-20-22(14)12-15-7-4-3-5-8-15;/h3-5,7-8,11,16,19H,6,9-10,12-13H2,1-2H3;1H. The summed E-state index contributed by atoms with van der Waals surface area (Å²) in [5.74, 6) is 0.0989. The smallest absolute Gasteiger partial charge is 0.257 e. The fraction of sp³-hybridized carbons (Fsp3) is 0.444. The van der Waals surface area contributed by atoms with Gasteiger partial charge >= 0.3 is 0 Å². The van der Waals surface area contributed by atoms with Crippen LogP contribution >= 0.6 is 12.4 Å². The third-order valence-electron chi connectivity index (χ3n) is 4.63.